The molecule has 0 unspecified atom stereocenters. The fourth-order valence-electron chi connectivity index (χ4n) is 3.67. The van der Waals surface area contributed by atoms with Crippen molar-refractivity contribution in [3.8, 4) is 0 Å². The number of nitrogens with zero attached hydrogens (tertiary/aromatic N) is 2. The van der Waals surface area contributed by atoms with Crippen molar-refractivity contribution < 1.29 is 9.53 Å². The first kappa shape index (κ1) is 18.7. The van der Waals surface area contributed by atoms with Crippen molar-refractivity contribution in [3.63, 3.8) is 0 Å². The third kappa shape index (κ3) is 3.96. The molecule has 144 valence electrons. The predicted molar refractivity (Wildman–Crippen MR) is 110 cm³/mol. The van der Waals surface area contributed by atoms with Crippen molar-refractivity contribution >= 4 is 23.2 Å². The van der Waals surface area contributed by atoms with Crippen LogP contribution in [0.2, 0.25) is 5.02 Å². The van der Waals surface area contributed by atoms with E-state index in [2.05, 4.69) is 10.4 Å². The summed E-state index contributed by atoms with van der Waals surface area (Å²) in [4.78, 5) is 13.3. The molecule has 1 aliphatic heterocycles. The summed E-state index contributed by atoms with van der Waals surface area (Å²) in [6.45, 7) is 1.78. The maximum atomic E-state index is 13.3. The number of rotatable bonds is 5. The molecular weight excluding hydrogens is 374 g/mol. The Hall–Kier alpha value is -2.63. The van der Waals surface area contributed by atoms with Crippen LogP contribution in [-0.2, 0) is 21.5 Å². The molecule has 1 amide bonds. The number of aromatic nitrogens is 2. The van der Waals surface area contributed by atoms with Gasteiger partial charge in [-0.15, -0.1) is 0 Å². The Morgan fingerprint density at radius 1 is 1.11 bits per heavy atom. The predicted octanol–water partition coefficient (Wildman–Crippen LogP) is 4.27. The van der Waals surface area contributed by atoms with Crippen LogP contribution in [-0.4, -0.2) is 28.9 Å². The van der Waals surface area contributed by atoms with Crippen LogP contribution in [0.3, 0.4) is 0 Å². The SMILES string of the molecule is O=C(Nc1cnn(Cc2ccc(Cl)cc2)c1)C1(c2ccccc2)CCOCC1. The lowest BCUT2D eigenvalue weighted by Crippen LogP contribution is -2.44. The molecule has 0 bridgehead atoms. The molecular formula is C22H22ClN3O2. The van der Waals surface area contributed by atoms with E-state index >= 15 is 0 Å². The molecule has 1 fully saturated rings. The maximum absolute atomic E-state index is 13.3. The van der Waals surface area contributed by atoms with Gasteiger partial charge in [-0.2, -0.15) is 5.10 Å². The Morgan fingerprint density at radius 3 is 2.54 bits per heavy atom. The van der Waals surface area contributed by atoms with E-state index in [1.165, 1.54) is 0 Å². The van der Waals surface area contributed by atoms with Crippen LogP contribution < -0.4 is 5.32 Å². The quantitative estimate of drug-likeness (QED) is 0.701. The highest BCUT2D eigenvalue weighted by atomic mass is 35.5. The second-order valence-electron chi connectivity index (χ2n) is 7.07. The number of carbonyl (C=O) groups excluding carboxylic acids is 1. The Bertz CT molecular complexity index is 932. The van der Waals surface area contributed by atoms with Gasteiger partial charge < -0.3 is 10.1 Å². The molecule has 0 aliphatic carbocycles. The average Bonchev–Trinajstić information content (AvgIpc) is 3.17. The van der Waals surface area contributed by atoms with Crippen LogP contribution in [0.5, 0.6) is 0 Å². The summed E-state index contributed by atoms with van der Waals surface area (Å²) in [5, 5.41) is 8.15. The minimum Gasteiger partial charge on any atom is -0.381 e. The van der Waals surface area contributed by atoms with Gasteiger partial charge in [0.05, 0.1) is 23.8 Å². The topological polar surface area (TPSA) is 56.2 Å². The highest BCUT2D eigenvalue weighted by Gasteiger charge is 2.41. The number of hydrogen-bond acceptors (Lipinski definition) is 3. The van der Waals surface area contributed by atoms with Crippen molar-refractivity contribution in [1.82, 2.24) is 9.78 Å². The molecule has 6 heteroatoms. The average molecular weight is 396 g/mol. The number of nitrogens with one attached hydrogen (secondary N) is 1. The largest absolute Gasteiger partial charge is 0.381 e. The zero-order valence-electron chi connectivity index (χ0n) is 15.5. The normalized spacial score (nSPS) is 15.9. The summed E-state index contributed by atoms with van der Waals surface area (Å²) in [6, 6.07) is 17.6. The number of carbonyl (C=O) groups is 1. The molecule has 2 aromatic carbocycles. The van der Waals surface area contributed by atoms with Gasteiger partial charge in [-0.3, -0.25) is 9.48 Å². The summed E-state index contributed by atoms with van der Waals surface area (Å²) in [7, 11) is 0. The molecule has 0 spiro atoms. The fourth-order valence-corrected chi connectivity index (χ4v) is 3.79. The molecule has 1 N–H and O–H groups in total. The lowest BCUT2D eigenvalue weighted by atomic mass is 9.73. The van der Waals surface area contributed by atoms with Crippen LogP contribution in [0.25, 0.3) is 0 Å². The smallest absolute Gasteiger partial charge is 0.235 e. The first-order valence-corrected chi connectivity index (χ1v) is 9.75. The summed E-state index contributed by atoms with van der Waals surface area (Å²) in [6.07, 6.45) is 4.87. The first-order valence-electron chi connectivity index (χ1n) is 9.37. The molecule has 0 atom stereocenters. The van der Waals surface area contributed by atoms with E-state index in [9.17, 15) is 4.79 Å². The molecule has 1 aliphatic rings. The molecule has 28 heavy (non-hydrogen) atoms. The van der Waals surface area contributed by atoms with Crippen molar-refractivity contribution in [1.29, 1.82) is 0 Å². The van der Waals surface area contributed by atoms with E-state index in [1.54, 1.807) is 10.9 Å². The first-order chi connectivity index (χ1) is 13.7. The zero-order valence-corrected chi connectivity index (χ0v) is 16.2. The van der Waals surface area contributed by atoms with Crippen LogP contribution in [0.15, 0.2) is 67.0 Å². The minimum absolute atomic E-state index is 0.00644. The highest BCUT2D eigenvalue weighted by molar-refractivity contribution is 6.30. The Labute approximate surface area is 169 Å². The molecule has 1 saturated heterocycles. The van der Waals surface area contributed by atoms with E-state index in [0.717, 1.165) is 11.1 Å². The highest BCUT2D eigenvalue weighted by Crippen LogP contribution is 2.36. The van der Waals surface area contributed by atoms with Gasteiger partial charge in [0.2, 0.25) is 5.91 Å². The number of benzene rings is 2. The molecule has 4 rings (SSSR count). The second kappa shape index (κ2) is 8.17. The van der Waals surface area contributed by atoms with Crippen LogP contribution >= 0.6 is 11.6 Å². The van der Waals surface area contributed by atoms with Crippen molar-refractivity contribution in [2.45, 2.75) is 24.8 Å². The lowest BCUT2D eigenvalue weighted by Gasteiger charge is -2.36. The van der Waals surface area contributed by atoms with E-state index in [1.807, 2.05) is 60.8 Å². The number of halogens is 1. The van der Waals surface area contributed by atoms with E-state index in [-0.39, 0.29) is 5.91 Å². The number of anilines is 1. The Kier molecular flexibility index (Phi) is 5.46. The molecule has 3 aromatic rings. The van der Waals surface area contributed by atoms with Gasteiger partial charge in [-0.05, 0) is 36.1 Å². The summed E-state index contributed by atoms with van der Waals surface area (Å²) in [5.74, 6) is -0.00644. The number of amides is 1. The van der Waals surface area contributed by atoms with E-state index < -0.39 is 5.41 Å². The number of ether oxygens (including phenoxy) is 1. The molecule has 5 nitrogen and oxygen atoms in total. The summed E-state index contributed by atoms with van der Waals surface area (Å²) < 4.78 is 7.32. The fraction of sp³-hybridized carbons (Fsp3) is 0.273. The van der Waals surface area contributed by atoms with Gasteiger partial charge in [0.15, 0.2) is 0 Å². The van der Waals surface area contributed by atoms with Gasteiger partial charge in [-0.25, -0.2) is 0 Å². The monoisotopic (exact) mass is 395 g/mol. The molecule has 0 saturated carbocycles. The molecule has 2 heterocycles. The van der Waals surface area contributed by atoms with Gasteiger partial charge >= 0.3 is 0 Å². The summed E-state index contributed by atoms with van der Waals surface area (Å²) in [5.41, 5.74) is 2.25. The lowest BCUT2D eigenvalue weighted by molar-refractivity contribution is -0.125. The van der Waals surface area contributed by atoms with Crippen LogP contribution in [0.4, 0.5) is 5.69 Å². The van der Waals surface area contributed by atoms with Crippen molar-refractivity contribution in [2.75, 3.05) is 18.5 Å². The van der Waals surface area contributed by atoms with Crippen LogP contribution in [0, 0.1) is 0 Å². The third-order valence-corrected chi connectivity index (χ3v) is 5.51. The Balaban J connectivity index is 1.50. The van der Waals surface area contributed by atoms with Crippen LogP contribution in [0.1, 0.15) is 24.0 Å². The van der Waals surface area contributed by atoms with Gasteiger partial charge in [0.1, 0.15) is 0 Å². The molecule has 1 aromatic heterocycles. The third-order valence-electron chi connectivity index (χ3n) is 5.26. The standard InChI is InChI=1S/C22H22ClN3O2/c23-19-8-6-17(7-9-19)15-26-16-20(14-24-26)25-21(27)22(10-12-28-13-11-22)18-4-2-1-3-5-18/h1-9,14,16H,10-13,15H2,(H,25,27). The van der Waals surface area contributed by atoms with Crippen molar-refractivity contribution in [3.05, 3.63) is 83.1 Å². The number of hydrogen-bond donors (Lipinski definition) is 1. The van der Waals surface area contributed by atoms with Gasteiger partial charge in [0.25, 0.3) is 0 Å². The van der Waals surface area contributed by atoms with Crippen molar-refractivity contribution in [2.24, 2.45) is 0 Å². The maximum Gasteiger partial charge on any atom is 0.235 e. The van der Waals surface area contributed by atoms with Gasteiger partial charge in [-0.1, -0.05) is 54.1 Å². The zero-order chi connectivity index (χ0) is 19.4. The second-order valence-corrected chi connectivity index (χ2v) is 7.50. The minimum atomic E-state index is -0.572. The Morgan fingerprint density at radius 2 is 1.82 bits per heavy atom. The summed E-state index contributed by atoms with van der Waals surface area (Å²) >= 11 is 5.93. The van der Waals surface area contributed by atoms with Gasteiger partial charge in [0, 0.05) is 24.4 Å². The molecule has 0 radical (unpaired) electrons. The van der Waals surface area contributed by atoms with E-state index in [4.69, 9.17) is 16.3 Å². The van der Waals surface area contributed by atoms with E-state index in [0.29, 0.717) is 43.3 Å².